The molecule has 0 heterocycles. The molecular weight excluding hydrogens is 347 g/mol. The molecule has 24 heavy (non-hydrogen) atoms. The van der Waals surface area contributed by atoms with Gasteiger partial charge >= 0.3 is 0 Å². The normalized spacial score (nSPS) is 9.96. The Hall–Kier alpha value is -1.75. The molecule has 0 bridgehead atoms. The van der Waals surface area contributed by atoms with Crippen molar-refractivity contribution in [2.75, 3.05) is 18.5 Å². The zero-order chi connectivity index (χ0) is 16.7. The lowest BCUT2D eigenvalue weighted by atomic mass is 10.1. The van der Waals surface area contributed by atoms with E-state index in [2.05, 4.69) is 10.6 Å². The summed E-state index contributed by atoms with van der Waals surface area (Å²) in [5, 5.41) is 6.82. The molecular formula is C18H22Cl2N2O2. The van der Waals surface area contributed by atoms with E-state index in [0.29, 0.717) is 17.3 Å². The fourth-order valence-corrected chi connectivity index (χ4v) is 2.22. The van der Waals surface area contributed by atoms with Gasteiger partial charge in [-0.1, -0.05) is 36.7 Å². The van der Waals surface area contributed by atoms with E-state index in [4.69, 9.17) is 16.3 Å². The van der Waals surface area contributed by atoms with E-state index in [9.17, 15) is 4.79 Å². The number of anilines is 1. The van der Waals surface area contributed by atoms with E-state index in [-0.39, 0.29) is 24.9 Å². The van der Waals surface area contributed by atoms with Gasteiger partial charge in [0.1, 0.15) is 5.75 Å². The third-order valence-electron chi connectivity index (χ3n) is 3.36. The molecule has 0 aliphatic rings. The molecule has 2 aromatic carbocycles. The van der Waals surface area contributed by atoms with E-state index in [1.165, 1.54) is 0 Å². The van der Waals surface area contributed by atoms with Crippen molar-refractivity contribution < 1.29 is 9.53 Å². The maximum Gasteiger partial charge on any atom is 0.262 e. The predicted octanol–water partition coefficient (Wildman–Crippen LogP) is 4.20. The summed E-state index contributed by atoms with van der Waals surface area (Å²) in [7, 11) is 0. The fraction of sp³-hybridized carbons (Fsp3) is 0.278. The maximum atomic E-state index is 12.1. The lowest BCUT2D eigenvalue weighted by Gasteiger charge is -2.12. The number of rotatable bonds is 7. The fourth-order valence-electron chi connectivity index (χ4n) is 2.10. The zero-order valence-corrected chi connectivity index (χ0v) is 15.3. The maximum absolute atomic E-state index is 12.1. The van der Waals surface area contributed by atoms with E-state index in [1.807, 2.05) is 44.2 Å². The van der Waals surface area contributed by atoms with Gasteiger partial charge < -0.3 is 15.4 Å². The number of ether oxygens (including phenoxy) is 1. The standard InChI is InChI=1S/C18H21ClN2O2.ClH/c1-3-20-11-14-6-4-5-7-17(14)21-18(22)12-23-15-8-9-16(19)13(2)10-15;/h4-10,20H,3,11-12H2,1-2H3,(H,21,22);1H. The predicted molar refractivity (Wildman–Crippen MR) is 101 cm³/mol. The van der Waals surface area contributed by atoms with Gasteiger partial charge in [-0.15, -0.1) is 12.4 Å². The van der Waals surface area contributed by atoms with Gasteiger partial charge in [0.25, 0.3) is 5.91 Å². The Balaban J connectivity index is 0.00000288. The molecule has 2 rings (SSSR count). The first-order valence-corrected chi connectivity index (χ1v) is 7.95. The molecule has 0 aromatic heterocycles. The van der Waals surface area contributed by atoms with E-state index >= 15 is 0 Å². The van der Waals surface area contributed by atoms with Crippen molar-refractivity contribution in [3.8, 4) is 5.75 Å². The molecule has 0 radical (unpaired) electrons. The van der Waals surface area contributed by atoms with Crippen LogP contribution in [0.25, 0.3) is 0 Å². The first-order chi connectivity index (χ1) is 11.1. The molecule has 6 heteroatoms. The number of benzene rings is 2. The molecule has 2 aromatic rings. The number of carbonyl (C=O) groups is 1. The number of carbonyl (C=O) groups excluding carboxylic acids is 1. The number of hydrogen-bond donors (Lipinski definition) is 2. The molecule has 0 fully saturated rings. The number of para-hydroxylation sites is 1. The largest absolute Gasteiger partial charge is 0.484 e. The number of nitrogens with one attached hydrogen (secondary N) is 2. The lowest BCUT2D eigenvalue weighted by molar-refractivity contribution is -0.118. The number of hydrogen-bond acceptors (Lipinski definition) is 3. The van der Waals surface area contributed by atoms with Crippen molar-refractivity contribution in [2.24, 2.45) is 0 Å². The van der Waals surface area contributed by atoms with Gasteiger partial charge in [0.15, 0.2) is 6.61 Å². The second-order valence-electron chi connectivity index (χ2n) is 5.19. The van der Waals surface area contributed by atoms with E-state index in [1.54, 1.807) is 12.1 Å². The van der Waals surface area contributed by atoms with Crippen LogP contribution in [0.4, 0.5) is 5.69 Å². The Bertz CT molecular complexity index is 678. The molecule has 0 unspecified atom stereocenters. The van der Waals surface area contributed by atoms with Gasteiger partial charge in [-0.25, -0.2) is 0 Å². The highest BCUT2D eigenvalue weighted by Crippen LogP contribution is 2.21. The summed E-state index contributed by atoms with van der Waals surface area (Å²) in [6.07, 6.45) is 0. The summed E-state index contributed by atoms with van der Waals surface area (Å²) in [4.78, 5) is 12.1. The van der Waals surface area contributed by atoms with Gasteiger partial charge in [0, 0.05) is 17.3 Å². The molecule has 0 aliphatic carbocycles. The Morgan fingerprint density at radius 1 is 1.21 bits per heavy atom. The Labute approximate surface area is 154 Å². The van der Waals surface area contributed by atoms with Gasteiger partial charge in [0.2, 0.25) is 0 Å². The average molecular weight is 369 g/mol. The highest BCUT2D eigenvalue weighted by Gasteiger charge is 2.08. The molecule has 4 nitrogen and oxygen atoms in total. The van der Waals surface area contributed by atoms with Crippen molar-refractivity contribution in [3.05, 3.63) is 58.6 Å². The first kappa shape index (κ1) is 20.3. The highest BCUT2D eigenvalue weighted by atomic mass is 35.5. The van der Waals surface area contributed by atoms with Crippen LogP contribution in [-0.2, 0) is 11.3 Å². The van der Waals surface area contributed by atoms with Crippen LogP contribution < -0.4 is 15.4 Å². The Morgan fingerprint density at radius 2 is 1.96 bits per heavy atom. The van der Waals surface area contributed by atoms with Crippen molar-refractivity contribution in [3.63, 3.8) is 0 Å². The molecule has 0 aliphatic heterocycles. The summed E-state index contributed by atoms with van der Waals surface area (Å²) in [5.41, 5.74) is 2.76. The molecule has 130 valence electrons. The molecule has 0 saturated heterocycles. The van der Waals surface area contributed by atoms with Crippen molar-refractivity contribution in [2.45, 2.75) is 20.4 Å². The summed E-state index contributed by atoms with van der Waals surface area (Å²) in [6.45, 7) is 5.48. The summed E-state index contributed by atoms with van der Waals surface area (Å²) in [5.74, 6) is 0.435. The second-order valence-corrected chi connectivity index (χ2v) is 5.59. The molecule has 0 saturated carbocycles. The zero-order valence-electron chi connectivity index (χ0n) is 13.8. The van der Waals surface area contributed by atoms with Crippen LogP contribution in [0.3, 0.4) is 0 Å². The van der Waals surface area contributed by atoms with E-state index in [0.717, 1.165) is 23.4 Å². The van der Waals surface area contributed by atoms with E-state index < -0.39 is 0 Å². The third kappa shape index (κ3) is 6.04. The van der Waals surface area contributed by atoms with Crippen LogP contribution in [-0.4, -0.2) is 19.1 Å². The number of amides is 1. The van der Waals surface area contributed by atoms with Crippen LogP contribution >= 0.6 is 24.0 Å². The molecule has 1 amide bonds. The molecule has 2 N–H and O–H groups in total. The Kier molecular flexibility index (Phi) is 8.61. The summed E-state index contributed by atoms with van der Waals surface area (Å²) >= 11 is 5.97. The van der Waals surface area contributed by atoms with Crippen molar-refractivity contribution >= 4 is 35.6 Å². The van der Waals surface area contributed by atoms with Crippen LogP contribution in [0.5, 0.6) is 5.75 Å². The average Bonchev–Trinajstić information content (AvgIpc) is 2.55. The molecule has 0 atom stereocenters. The summed E-state index contributed by atoms with van der Waals surface area (Å²) in [6, 6.07) is 13.1. The third-order valence-corrected chi connectivity index (χ3v) is 3.78. The van der Waals surface area contributed by atoms with Crippen LogP contribution in [0.15, 0.2) is 42.5 Å². The minimum atomic E-state index is -0.193. The van der Waals surface area contributed by atoms with Crippen molar-refractivity contribution in [1.29, 1.82) is 0 Å². The topological polar surface area (TPSA) is 50.4 Å². The lowest BCUT2D eigenvalue weighted by Crippen LogP contribution is -2.22. The van der Waals surface area contributed by atoms with Crippen molar-refractivity contribution in [1.82, 2.24) is 5.32 Å². The highest BCUT2D eigenvalue weighted by molar-refractivity contribution is 6.31. The van der Waals surface area contributed by atoms with Gasteiger partial charge in [-0.3, -0.25) is 4.79 Å². The van der Waals surface area contributed by atoms with Crippen LogP contribution in [0.1, 0.15) is 18.1 Å². The van der Waals surface area contributed by atoms with Crippen LogP contribution in [0, 0.1) is 6.92 Å². The molecule has 0 spiro atoms. The quantitative estimate of drug-likeness (QED) is 0.769. The van der Waals surface area contributed by atoms with Crippen LogP contribution in [0.2, 0.25) is 5.02 Å². The number of halogens is 2. The minimum absolute atomic E-state index is 0. The minimum Gasteiger partial charge on any atom is -0.484 e. The summed E-state index contributed by atoms with van der Waals surface area (Å²) < 4.78 is 5.51. The first-order valence-electron chi connectivity index (χ1n) is 7.57. The SMILES string of the molecule is CCNCc1ccccc1NC(=O)COc1ccc(Cl)c(C)c1.Cl. The van der Waals surface area contributed by atoms with Gasteiger partial charge in [-0.05, 0) is 48.9 Å². The van der Waals surface area contributed by atoms with Gasteiger partial charge in [-0.2, -0.15) is 0 Å². The van der Waals surface area contributed by atoms with Gasteiger partial charge in [0.05, 0.1) is 0 Å². The monoisotopic (exact) mass is 368 g/mol. The second kappa shape index (κ2) is 10.2. The smallest absolute Gasteiger partial charge is 0.262 e. The number of aryl methyl sites for hydroxylation is 1. The Morgan fingerprint density at radius 3 is 2.67 bits per heavy atom.